The number of nitrogen functional groups attached to an aromatic ring is 1. The minimum absolute atomic E-state index is 0.546. The Labute approximate surface area is 126 Å². The fraction of sp³-hybridized carbons (Fsp3) is 0.600. The number of nitrogens with two attached hydrogens (primary N) is 1. The summed E-state index contributed by atoms with van der Waals surface area (Å²) in [5.74, 6) is 0.612. The highest BCUT2D eigenvalue weighted by Gasteiger charge is 2.34. The van der Waals surface area contributed by atoms with Gasteiger partial charge < -0.3 is 5.73 Å². The van der Waals surface area contributed by atoms with Crippen LogP contribution in [0.1, 0.15) is 31.7 Å². The third-order valence-corrected chi connectivity index (χ3v) is 6.49. The lowest BCUT2D eigenvalue weighted by molar-refractivity contribution is 0.287. The number of anilines is 2. The van der Waals surface area contributed by atoms with Crippen LogP contribution >= 0.6 is 0 Å². The van der Waals surface area contributed by atoms with E-state index in [-0.39, 0.29) is 0 Å². The highest BCUT2D eigenvalue weighted by molar-refractivity contribution is 7.90. The molecule has 3 rings (SSSR count). The minimum Gasteiger partial charge on any atom is -0.399 e. The second-order valence-electron chi connectivity index (χ2n) is 6.15. The van der Waals surface area contributed by atoms with Gasteiger partial charge in [-0.2, -0.15) is 12.7 Å². The van der Waals surface area contributed by atoms with E-state index in [1.54, 1.807) is 14.7 Å². The van der Waals surface area contributed by atoms with E-state index in [0.717, 1.165) is 36.9 Å². The summed E-state index contributed by atoms with van der Waals surface area (Å²) in [6.45, 7) is 3.97. The molecule has 2 heterocycles. The smallest absolute Gasteiger partial charge is 0.304 e. The molecule has 1 aromatic carbocycles. The minimum atomic E-state index is -3.43. The Morgan fingerprint density at radius 3 is 2.62 bits per heavy atom. The highest BCUT2D eigenvalue weighted by Crippen LogP contribution is 2.33. The molecule has 0 spiro atoms. The van der Waals surface area contributed by atoms with Gasteiger partial charge in [-0.1, -0.05) is 13.0 Å². The van der Waals surface area contributed by atoms with Crippen molar-refractivity contribution in [3.8, 4) is 0 Å². The van der Waals surface area contributed by atoms with Gasteiger partial charge in [-0.15, -0.1) is 0 Å². The Balaban J connectivity index is 1.92. The first-order valence-corrected chi connectivity index (χ1v) is 9.04. The van der Waals surface area contributed by atoms with Gasteiger partial charge in [-0.05, 0) is 49.3 Å². The van der Waals surface area contributed by atoms with Gasteiger partial charge in [-0.25, -0.2) is 0 Å². The maximum Gasteiger partial charge on any atom is 0.304 e. The lowest BCUT2D eigenvalue weighted by atomic mass is 10.0. The third-order valence-electron chi connectivity index (χ3n) is 4.53. The molecule has 0 atom stereocenters. The van der Waals surface area contributed by atoms with Crippen LogP contribution in [0.3, 0.4) is 0 Å². The highest BCUT2D eigenvalue weighted by atomic mass is 32.2. The maximum atomic E-state index is 12.9. The summed E-state index contributed by atoms with van der Waals surface area (Å²) in [6, 6.07) is 5.58. The van der Waals surface area contributed by atoms with Gasteiger partial charge in [-0.3, -0.25) is 4.31 Å². The number of nitrogens with zero attached hydrogens (tertiary/aromatic N) is 2. The molecule has 0 radical (unpaired) electrons. The van der Waals surface area contributed by atoms with E-state index in [2.05, 4.69) is 6.92 Å². The van der Waals surface area contributed by atoms with Crippen LogP contribution in [0.15, 0.2) is 18.2 Å². The third kappa shape index (κ3) is 2.74. The van der Waals surface area contributed by atoms with Crippen LogP contribution in [0.25, 0.3) is 0 Å². The van der Waals surface area contributed by atoms with Crippen molar-refractivity contribution >= 4 is 21.6 Å². The van der Waals surface area contributed by atoms with E-state index >= 15 is 0 Å². The van der Waals surface area contributed by atoms with Crippen LogP contribution in [-0.2, 0) is 16.6 Å². The maximum absolute atomic E-state index is 12.9. The van der Waals surface area contributed by atoms with Gasteiger partial charge in [0, 0.05) is 25.3 Å². The number of hydrogen-bond donors (Lipinski definition) is 1. The summed E-state index contributed by atoms with van der Waals surface area (Å²) in [6.07, 6.45) is 3.66. The first-order valence-electron chi connectivity index (χ1n) is 7.64. The van der Waals surface area contributed by atoms with E-state index < -0.39 is 10.2 Å². The number of hydrogen-bond acceptors (Lipinski definition) is 3. The van der Waals surface area contributed by atoms with Gasteiger partial charge in [0.15, 0.2) is 0 Å². The molecule has 6 heteroatoms. The summed E-state index contributed by atoms with van der Waals surface area (Å²) in [5, 5.41) is 0. The van der Waals surface area contributed by atoms with Crippen molar-refractivity contribution < 1.29 is 8.42 Å². The molecule has 2 aliphatic rings. The standard InChI is InChI=1S/C15H23N3O2S/c1-12-6-9-17(10-7-12)21(19,20)18-8-2-3-13-4-5-14(16)11-15(13)18/h4-5,11-12H,2-3,6-10,16H2,1H3. The molecule has 116 valence electrons. The van der Waals surface area contributed by atoms with Gasteiger partial charge in [0.2, 0.25) is 0 Å². The van der Waals surface area contributed by atoms with Gasteiger partial charge in [0.25, 0.3) is 0 Å². The van der Waals surface area contributed by atoms with Crippen molar-refractivity contribution in [3.05, 3.63) is 23.8 Å². The monoisotopic (exact) mass is 309 g/mol. The quantitative estimate of drug-likeness (QED) is 0.850. The molecule has 1 saturated heterocycles. The molecule has 2 aliphatic heterocycles. The van der Waals surface area contributed by atoms with Crippen LogP contribution in [0, 0.1) is 5.92 Å². The molecule has 1 fully saturated rings. The zero-order chi connectivity index (χ0) is 15.0. The molecule has 0 bridgehead atoms. The molecule has 0 amide bonds. The SMILES string of the molecule is CC1CCN(S(=O)(=O)N2CCCc3ccc(N)cc32)CC1. The largest absolute Gasteiger partial charge is 0.399 e. The predicted molar refractivity (Wildman–Crippen MR) is 85.4 cm³/mol. The van der Waals surface area contributed by atoms with Crippen LogP contribution in [0.5, 0.6) is 0 Å². The van der Waals surface area contributed by atoms with Crippen molar-refractivity contribution in [3.63, 3.8) is 0 Å². The summed E-state index contributed by atoms with van der Waals surface area (Å²) in [4.78, 5) is 0. The van der Waals surface area contributed by atoms with Crippen molar-refractivity contribution in [1.82, 2.24) is 4.31 Å². The molecule has 21 heavy (non-hydrogen) atoms. The van der Waals surface area contributed by atoms with E-state index in [4.69, 9.17) is 5.73 Å². The van der Waals surface area contributed by atoms with E-state index in [0.29, 0.717) is 31.2 Å². The number of benzene rings is 1. The second-order valence-corrected chi connectivity index (χ2v) is 8.01. The van der Waals surface area contributed by atoms with Crippen LogP contribution in [-0.4, -0.2) is 32.4 Å². The fourth-order valence-electron chi connectivity index (χ4n) is 3.15. The Bertz CT molecular complexity index is 622. The Kier molecular flexibility index (Phi) is 3.84. The van der Waals surface area contributed by atoms with Crippen molar-refractivity contribution in [1.29, 1.82) is 0 Å². The average molecular weight is 309 g/mol. The summed E-state index contributed by atoms with van der Waals surface area (Å²) >= 11 is 0. The normalized spacial score (nSPS) is 21.3. The molecule has 0 aromatic heterocycles. The van der Waals surface area contributed by atoms with Gasteiger partial charge >= 0.3 is 10.2 Å². The summed E-state index contributed by atoms with van der Waals surface area (Å²) in [7, 11) is -3.43. The topological polar surface area (TPSA) is 66.6 Å². The Morgan fingerprint density at radius 1 is 1.19 bits per heavy atom. The van der Waals surface area contributed by atoms with Crippen LogP contribution in [0.4, 0.5) is 11.4 Å². The zero-order valence-electron chi connectivity index (χ0n) is 12.5. The van der Waals surface area contributed by atoms with E-state index in [9.17, 15) is 8.42 Å². The first-order chi connectivity index (χ1) is 9.98. The molecule has 0 saturated carbocycles. The molecule has 2 N–H and O–H groups in total. The number of piperidine rings is 1. The lowest BCUT2D eigenvalue weighted by Crippen LogP contribution is -2.48. The van der Waals surface area contributed by atoms with Crippen LogP contribution in [0.2, 0.25) is 0 Å². The zero-order valence-corrected chi connectivity index (χ0v) is 13.3. The van der Waals surface area contributed by atoms with Gasteiger partial charge in [0.1, 0.15) is 0 Å². The Hall–Kier alpha value is -1.27. The molecule has 0 aliphatic carbocycles. The number of rotatable bonds is 2. The summed E-state index contributed by atoms with van der Waals surface area (Å²) in [5.41, 5.74) is 8.30. The molecular weight excluding hydrogens is 286 g/mol. The van der Waals surface area contributed by atoms with Gasteiger partial charge in [0.05, 0.1) is 5.69 Å². The molecule has 5 nitrogen and oxygen atoms in total. The lowest BCUT2D eigenvalue weighted by Gasteiger charge is -2.37. The number of fused-ring (bicyclic) bond motifs is 1. The van der Waals surface area contributed by atoms with Crippen molar-refractivity contribution in [2.45, 2.75) is 32.6 Å². The fourth-order valence-corrected chi connectivity index (χ4v) is 4.88. The van der Waals surface area contributed by atoms with E-state index in [1.165, 1.54) is 0 Å². The van der Waals surface area contributed by atoms with Crippen molar-refractivity contribution in [2.75, 3.05) is 29.7 Å². The second kappa shape index (κ2) is 5.50. The first kappa shape index (κ1) is 14.7. The predicted octanol–water partition coefficient (Wildman–Crippen LogP) is 2.00. The molecular formula is C15H23N3O2S. The number of aryl methyl sites for hydroxylation is 1. The summed E-state index contributed by atoms with van der Waals surface area (Å²) < 4.78 is 29.0. The van der Waals surface area contributed by atoms with E-state index in [1.807, 2.05) is 12.1 Å². The average Bonchev–Trinajstić information content (AvgIpc) is 2.47. The molecule has 0 unspecified atom stereocenters. The molecule has 1 aromatic rings. The van der Waals surface area contributed by atoms with Crippen LogP contribution < -0.4 is 10.0 Å². The van der Waals surface area contributed by atoms with Crippen molar-refractivity contribution in [2.24, 2.45) is 5.92 Å². The Morgan fingerprint density at radius 2 is 1.90 bits per heavy atom.